The lowest BCUT2D eigenvalue weighted by molar-refractivity contribution is 0.607. The normalized spacial score (nSPS) is 11.8. The minimum absolute atomic E-state index is 0.224. The van der Waals surface area contributed by atoms with E-state index < -0.39 is 10.0 Å². The molecule has 7 nitrogen and oxygen atoms in total. The Morgan fingerprint density at radius 1 is 1.04 bits per heavy atom. The summed E-state index contributed by atoms with van der Waals surface area (Å²) in [5, 5.41) is 5.58. The van der Waals surface area contributed by atoms with Gasteiger partial charge in [0.25, 0.3) is 0 Å². The molecule has 8 heteroatoms. The highest BCUT2D eigenvalue weighted by atomic mass is 32.2. The van der Waals surface area contributed by atoms with Gasteiger partial charge in [0.1, 0.15) is 0 Å². The zero-order valence-corrected chi connectivity index (χ0v) is 15.2. The molecule has 0 aliphatic carbocycles. The van der Waals surface area contributed by atoms with E-state index in [1.165, 1.54) is 4.68 Å². The number of nitrogens with zero attached hydrogens (tertiary/aromatic N) is 3. The lowest BCUT2D eigenvalue weighted by Crippen LogP contribution is -2.10. The van der Waals surface area contributed by atoms with E-state index in [4.69, 9.17) is 0 Å². The van der Waals surface area contributed by atoms with Gasteiger partial charge in [0.2, 0.25) is 10.0 Å². The molecular weight excluding hydrogens is 364 g/mol. The third kappa shape index (κ3) is 3.39. The number of fused-ring (bicyclic) bond motifs is 2. The Morgan fingerprint density at radius 3 is 2.52 bits per heavy atom. The fourth-order valence-corrected chi connectivity index (χ4v) is 3.51. The van der Waals surface area contributed by atoms with Crippen molar-refractivity contribution in [2.24, 2.45) is 0 Å². The highest BCUT2D eigenvalue weighted by Crippen LogP contribution is 2.23. The highest BCUT2D eigenvalue weighted by Gasteiger charge is 2.09. The lowest BCUT2D eigenvalue weighted by atomic mass is 10.1. The number of sulfonamides is 1. The average Bonchev–Trinajstić information content (AvgIpc) is 2.99. The van der Waals surface area contributed by atoms with E-state index in [9.17, 15) is 13.2 Å². The standard InChI is InChI=1S/C19H15N4O3S/c1-23-11-14(10-21-23)13-7-17-18(20-9-13)6-4-12-3-5-15(22-27(2,25)26)8-16(12)19(17)24/h3-11,22H,1H2,2H3. The minimum Gasteiger partial charge on any atom is -0.289 e. The van der Waals surface area contributed by atoms with E-state index in [0.717, 1.165) is 17.4 Å². The summed E-state index contributed by atoms with van der Waals surface area (Å²) in [6.45, 7) is 0. The van der Waals surface area contributed by atoms with Crippen LogP contribution in [-0.4, -0.2) is 29.4 Å². The molecule has 2 heterocycles. The quantitative estimate of drug-likeness (QED) is 0.591. The lowest BCUT2D eigenvalue weighted by Gasteiger charge is -2.03. The second-order valence-electron chi connectivity index (χ2n) is 6.26. The first-order valence-electron chi connectivity index (χ1n) is 8.01. The first kappa shape index (κ1) is 17.2. The van der Waals surface area contributed by atoms with Gasteiger partial charge in [0.05, 0.1) is 25.0 Å². The van der Waals surface area contributed by atoms with Gasteiger partial charge in [-0.15, -0.1) is 0 Å². The number of pyridine rings is 1. The van der Waals surface area contributed by atoms with Crippen LogP contribution < -0.4 is 10.2 Å². The van der Waals surface area contributed by atoms with Crippen LogP contribution in [0.3, 0.4) is 0 Å². The molecule has 0 bridgehead atoms. The van der Waals surface area contributed by atoms with Crippen molar-refractivity contribution >= 4 is 37.4 Å². The van der Waals surface area contributed by atoms with E-state index in [-0.39, 0.29) is 5.43 Å². The Bertz CT molecular complexity index is 1360. The molecule has 0 unspecified atom stereocenters. The first-order valence-corrected chi connectivity index (χ1v) is 9.90. The van der Waals surface area contributed by atoms with E-state index in [1.54, 1.807) is 55.0 Å². The molecule has 1 N–H and O–H groups in total. The summed E-state index contributed by atoms with van der Waals surface area (Å²) in [6, 6.07) is 10.2. The third-order valence-electron chi connectivity index (χ3n) is 4.15. The highest BCUT2D eigenvalue weighted by molar-refractivity contribution is 7.92. The number of hydrogen-bond acceptors (Lipinski definition) is 5. The fraction of sp³-hybridized carbons (Fsp3) is 0.0526. The summed E-state index contributed by atoms with van der Waals surface area (Å²) in [6.07, 6.45) is 6.13. The SMILES string of the molecule is [CH2]n1cc(-c2cnc3ccc4ccc(NS(C)(=O)=O)cc4c(=O)c3c2)cn1. The number of rotatable bonds is 3. The molecule has 2 aromatic heterocycles. The van der Waals surface area contributed by atoms with Gasteiger partial charge in [-0.1, -0.05) is 12.1 Å². The summed E-state index contributed by atoms with van der Waals surface area (Å²) < 4.78 is 26.8. The van der Waals surface area contributed by atoms with E-state index in [0.29, 0.717) is 27.4 Å². The second kappa shape index (κ2) is 6.17. The Morgan fingerprint density at radius 2 is 1.81 bits per heavy atom. The van der Waals surface area contributed by atoms with Crippen LogP contribution >= 0.6 is 0 Å². The molecule has 0 saturated heterocycles. The van der Waals surface area contributed by atoms with Crippen LogP contribution in [0, 0.1) is 7.05 Å². The molecule has 0 fully saturated rings. The van der Waals surface area contributed by atoms with Crippen LogP contribution in [0.4, 0.5) is 5.69 Å². The Hall–Kier alpha value is -3.26. The summed E-state index contributed by atoms with van der Waals surface area (Å²) in [7, 11) is 0.266. The molecule has 0 spiro atoms. The van der Waals surface area contributed by atoms with Crippen LogP contribution in [0.15, 0.2) is 59.8 Å². The van der Waals surface area contributed by atoms with Crippen molar-refractivity contribution in [3.8, 4) is 11.1 Å². The van der Waals surface area contributed by atoms with Crippen LogP contribution in [-0.2, 0) is 10.0 Å². The van der Waals surface area contributed by atoms with Crippen LogP contribution in [0.25, 0.3) is 32.8 Å². The maximum atomic E-state index is 13.1. The van der Waals surface area contributed by atoms with Gasteiger partial charge in [-0.2, -0.15) is 5.10 Å². The molecule has 0 atom stereocenters. The van der Waals surface area contributed by atoms with Crippen molar-refractivity contribution < 1.29 is 8.42 Å². The van der Waals surface area contributed by atoms with Gasteiger partial charge in [0, 0.05) is 40.0 Å². The van der Waals surface area contributed by atoms with E-state index in [2.05, 4.69) is 21.9 Å². The summed E-state index contributed by atoms with van der Waals surface area (Å²) in [5.41, 5.74) is 2.22. The van der Waals surface area contributed by atoms with Crippen molar-refractivity contribution in [1.82, 2.24) is 14.8 Å². The monoisotopic (exact) mass is 379 g/mol. The molecule has 27 heavy (non-hydrogen) atoms. The maximum absolute atomic E-state index is 13.1. The van der Waals surface area contributed by atoms with Crippen molar-refractivity contribution in [3.05, 3.63) is 72.3 Å². The summed E-state index contributed by atoms with van der Waals surface area (Å²) >= 11 is 0. The van der Waals surface area contributed by atoms with E-state index >= 15 is 0 Å². The first-order chi connectivity index (χ1) is 12.8. The van der Waals surface area contributed by atoms with E-state index in [1.807, 2.05) is 0 Å². The molecule has 0 amide bonds. The predicted octanol–water partition coefficient (Wildman–Crippen LogP) is 2.62. The van der Waals surface area contributed by atoms with Gasteiger partial charge in [-0.05, 0) is 29.7 Å². The average molecular weight is 379 g/mol. The van der Waals surface area contributed by atoms with Gasteiger partial charge in [-0.3, -0.25) is 19.2 Å². The number of benzene rings is 1. The molecule has 0 aliphatic heterocycles. The zero-order chi connectivity index (χ0) is 19.2. The number of aromatic nitrogens is 3. The van der Waals surface area contributed by atoms with Gasteiger partial charge < -0.3 is 0 Å². The van der Waals surface area contributed by atoms with Crippen LogP contribution in [0.2, 0.25) is 0 Å². The van der Waals surface area contributed by atoms with Crippen LogP contribution in [0.5, 0.6) is 0 Å². The Labute approximate surface area is 155 Å². The molecule has 4 aromatic rings. The summed E-state index contributed by atoms with van der Waals surface area (Å²) in [4.78, 5) is 17.5. The van der Waals surface area contributed by atoms with Crippen molar-refractivity contribution in [2.75, 3.05) is 11.0 Å². The Kier molecular flexibility index (Phi) is 3.92. The van der Waals surface area contributed by atoms with Gasteiger partial charge >= 0.3 is 0 Å². The topological polar surface area (TPSA) is 94.0 Å². The fourth-order valence-electron chi connectivity index (χ4n) is 2.95. The molecule has 4 rings (SSSR count). The van der Waals surface area contributed by atoms with Crippen molar-refractivity contribution in [1.29, 1.82) is 0 Å². The molecule has 135 valence electrons. The zero-order valence-electron chi connectivity index (χ0n) is 14.4. The molecule has 0 saturated carbocycles. The smallest absolute Gasteiger partial charge is 0.229 e. The molecule has 1 radical (unpaired) electrons. The largest absolute Gasteiger partial charge is 0.289 e. The van der Waals surface area contributed by atoms with Gasteiger partial charge in [-0.25, -0.2) is 8.42 Å². The number of anilines is 1. The van der Waals surface area contributed by atoms with Crippen molar-refractivity contribution in [2.45, 2.75) is 0 Å². The van der Waals surface area contributed by atoms with Crippen LogP contribution in [0.1, 0.15) is 0 Å². The summed E-state index contributed by atoms with van der Waals surface area (Å²) in [5.74, 6) is 0. The number of nitrogens with one attached hydrogen (secondary N) is 1. The van der Waals surface area contributed by atoms with Gasteiger partial charge in [0.15, 0.2) is 5.43 Å². The predicted molar refractivity (Wildman–Crippen MR) is 106 cm³/mol. The molecular formula is C19H15N4O3S. The molecule has 0 aliphatic rings. The number of hydrogen-bond donors (Lipinski definition) is 1. The second-order valence-corrected chi connectivity index (χ2v) is 8.01. The maximum Gasteiger partial charge on any atom is 0.229 e. The molecule has 2 aromatic carbocycles. The minimum atomic E-state index is -3.44. The van der Waals surface area contributed by atoms with Crippen molar-refractivity contribution in [3.63, 3.8) is 0 Å². The third-order valence-corrected chi connectivity index (χ3v) is 4.76. The Balaban J connectivity index is 1.99.